The van der Waals surface area contributed by atoms with Crippen molar-refractivity contribution in [1.29, 1.82) is 0 Å². The van der Waals surface area contributed by atoms with Crippen molar-refractivity contribution in [3.05, 3.63) is 29.3 Å². The number of hydrogen-bond donors (Lipinski definition) is 0. The number of nitrogens with zero attached hydrogens (tertiary/aromatic N) is 1. The lowest BCUT2D eigenvalue weighted by molar-refractivity contribution is 0.401. The van der Waals surface area contributed by atoms with Gasteiger partial charge >= 0.3 is 0 Å². The standard InChI is InChI=1S/C13H18ClN/c1-10-8-13(7-6-11(10)9-14)15(2)12-4-3-5-12/h6-8,12H,3-5,9H2,1-2H3. The molecule has 0 spiro atoms. The summed E-state index contributed by atoms with van der Waals surface area (Å²) in [4.78, 5) is 2.40. The van der Waals surface area contributed by atoms with Crippen molar-refractivity contribution in [2.24, 2.45) is 0 Å². The molecule has 0 unspecified atom stereocenters. The average molecular weight is 224 g/mol. The van der Waals surface area contributed by atoms with Crippen LogP contribution in [0.15, 0.2) is 18.2 Å². The molecule has 0 atom stereocenters. The third kappa shape index (κ3) is 2.12. The van der Waals surface area contributed by atoms with Crippen LogP contribution in [0.4, 0.5) is 5.69 Å². The third-order valence-electron chi connectivity index (χ3n) is 3.50. The van der Waals surface area contributed by atoms with Crippen LogP contribution >= 0.6 is 11.6 Å². The van der Waals surface area contributed by atoms with Gasteiger partial charge in [0.05, 0.1) is 0 Å². The first kappa shape index (κ1) is 10.8. The fraction of sp³-hybridized carbons (Fsp3) is 0.538. The summed E-state index contributed by atoms with van der Waals surface area (Å²) in [5, 5.41) is 0. The molecule has 1 fully saturated rings. The Kier molecular flexibility index (Phi) is 3.20. The monoisotopic (exact) mass is 223 g/mol. The lowest BCUT2D eigenvalue weighted by atomic mass is 9.91. The summed E-state index contributed by atoms with van der Waals surface area (Å²) in [7, 11) is 2.19. The van der Waals surface area contributed by atoms with Gasteiger partial charge in [-0.25, -0.2) is 0 Å². The van der Waals surface area contributed by atoms with Crippen molar-refractivity contribution in [2.45, 2.75) is 38.1 Å². The second-order valence-electron chi connectivity index (χ2n) is 4.44. The molecule has 2 heteroatoms. The van der Waals surface area contributed by atoms with Gasteiger partial charge < -0.3 is 4.90 Å². The quantitative estimate of drug-likeness (QED) is 0.706. The van der Waals surface area contributed by atoms with E-state index in [1.54, 1.807) is 0 Å². The minimum atomic E-state index is 0.610. The maximum absolute atomic E-state index is 5.85. The van der Waals surface area contributed by atoms with Crippen LogP contribution in [0.5, 0.6) is 0 Å². The van der Waals surface area contributed by atoms with Crippen LogP contribution in [-0.4, -0.2) is 13.1 Å². The van der Waals surface area contributed by atoms with E-state index in [9.17, 15) is 0 Å². The Morgan fingerprint density at radius 2 is 2.13 bits per heavy atom. The molecule has 0 radical (unpaired) electrons. The van der Waals surface area contributed by atoms with Crippen LogP contribution in [-0.2, 0) is 5.88 Å². The van der Waals surface area contributed by atoms with Gasteiger partial charge in [-0.2, -0.15) is 0 Å². The van der Waals surface area contributed by atoms with E-state index in [0.29, 0.717) is 5.88 Å². The van der Waals surface area contributed by atoms with Gasteiger partial charge in [-0.15, -0.1) is 11.6 Å². The van der Waals surface area contributed by atoms with Crippen LogP contribution in [0.1, 0.15) is 30.4 Å². The second-order valence-corrected chi connectivity index (χ2v) is 4.71. The van der Waals surface area contributed by atoms with Crippen LogP contribution < -0.4 is 4.90 Å². The molecule has 0 bridgehead atoms. The normalized spacial score (nSPS) is 16.2. The molecule has 1 aromatic carbocycles. The minimum absolute atomic E-state index is 0.610. The topological polar surface area (TPSA) is 3.24 Å². The molecule has 15 heavy (non-hydrogen) atoms. The van der Waals surface area contributed by atoms with Crippen molar-refractivity contribution >= 4 is 17.3 Å². The molecule has 1 aliphatic rings. The zero-order chi connectivity index (χ0) is 10.8. The van der Waals surface area contributed by atoms with Gasteiger partial charge in [0.25, 0.3) is 0 Å². The predicted octanol–water partition coefficient (Wildman–Crippen LogP) is 3.72. The second kappa shape index (κ2) is 4.44. The summed E-state index contributed by atoms with van der Waals surface area (Å²) in [6.07, 6.45) is 4.06. The molecule has 0 N–H and O–H groups in total. The minimum Gasteiger partial charge on any atom is -0.372 e. The van der Waals surface area contributed by atoms with Gasteiger partial charge in [0, 0.05) is 24.7 Å². The van der Waals surface area contributed by atoms with E-state index in [1.165, 1.54) is 36.1 Å². The number of rotatable bonds is 3. The van der Waals surface area contributed by atoms with Gasteiger partial charge in [-0.05, 0) is 49.4 Å². The molecule has 1 saturated carbocycles. The highest BCUT2D eigenvalue weighted by Gasteiger charge is 2.22. The van der Waals surface area contributed by atoms with E-state index in [-0.39, 0.29) is 0 Å². The molecule has 0 aromatic heterocycles. The van der Waals surface area contributed by atoms with Crippen LogP contribution in [0.3, 0.4) is 0 Å². The number of halogens is 1. The average Bonchev–Trinajstić information content (AvgIpc) is 2.15. The fourth-order valence-electron chi connectivity index (χ4n) is 2.03. The van der Waals surface area contributed by atoms with Crippen LogP contribution in [0, 0.1) is 6.92 Å². The third-order valence-corrected chi connectivity index (χ3v) is 3.79. The molecular formula is C13H18ClN. The summed E-state index contributed by atoms with van der Waals surface area (Å²) in [5.74, 6) is 0.610. The van der Waals surface area contributed by atoms with E-state index in [1.807, 2.05) is 0 Å². The highest BCUT2D eigenvalue weighted by Crippen LogP contribution is 2.29. The van der Waals surface area contributed by atoms with Crippen molar-refractivity contribution in [3.63, 3.8) is 0 Å². The molecule has 82 valence electrons. The number of benzene rings is 1. The smallest absolute Gasteiger partial charge is 0.0476 e. The molecule has 0 saturated heterocycles. The van der Waals surface area contributed by atoms with Gasteiger partial charge in [0.2, 0.25) is 0 Å². The van der Waals surface area contributed by atoms with Crippen LogP contribution in [0.2, 0.25) is 0 Å². The highest BCUT2D eigenvalue weighted by atomic mass is 35.5. The highest BCUT2D eigenvalue weighted by molar-refractivity contribution is 6.17. The first-order chi connectivity index (χ1) is 7.22. The first-order valence-electron chi connectivity index (χ1n) is 5.60. The Hall–Kier alpha value is -0.690. The van der Waals surface area contributed by atoms with Gasteiger partial charge in [0.15, 0.2) is 0 Å². The number of alkyl halides is 1. The molecule has 0 amide bonds. The van der Waals surface area contributed by atoms with Gasteiger partial charge in [-0.1, -0.05) is 6.07 Å². The van der Waals surface area contributed by atoms with Crippen molar-refractivity contribution in [1.82, 2.24) is 0 Å². The molecule has 1 aliphatic carbocycles. The largest absolute Gasteiger partial charge is 0.372 e. The molecular weight excluding hydrogens is 206 g/mol. The van der Waals surface area contributed by atoms with Gasteiger partial charge in [-0.3, -0.25) is 0 Å². The van der Waals surface area contributed by atoms with E-state index >= 15 is 0 Å². The molecule has 1 aromatic rings. The fourth-order valence-corrected chi connectivity index (χ4v) is 2.33. The summed E-state index contributed by atoms with van der Waals surface area (Å²) in [6.45, 7) is 2.13. The van der Waals surface area contributed by atoms with E-state index in [0.717, 1.165) is 6.04 Å². The molecule has 1 nitrogen and oxygen atoms in total. The zero-order valence-electron chi connectivity index (χ0n) is 9.46. The summed E-state index contributed by atoms with van der Waals surface area (Å²) in [5.41, 5.74) is 3.86. The van der Waals surface area contributed by atoms with Crippen molar-refractivity contribution in [3.8, 4) is 0 Å². The van der Waals surface area contributed by atoms with E-state index in [2.05, 4.69) is 37.1 Å². The maximum Gasteiger partial charge on any atom is 0.0476 e. The summed E-state index contributed by atoms with van der Waals surface area (Å²) < 4.78 is 0. The molecule has 2 rings (SSSR count). The zero-order valence-corrected chi connectivity index (χ0v) is 10.2. The summed E-state index contributed by atoms with van der Waals surface area (Å²) >= 11 is 5.85. The van der Waals surface area contributed by atoms with Crippen molar-refractivity contribution in [2.75, 3.05) is 11.9 Å². The van der Waals surface area contributed by atoms with E-state index in [4.69, 9.17) is 11.6 Å². The number of anilines is 1. The Balaban J connectivity index is 2.17. The Bertz CT molecular complexity index is 344. The lowest BCUT2D eigenvalue weighted by Gasteiger charge is -2.36. The molecule has 0 aliphatic heterocycles. The first-order valence-corrected chi connectivity index (χ1v) is 6.14. The van der Waals surface area contributed by atoms with Crippen molar-refractivity contribution < 1.29 is 0 Å². The lowest BCUT2D eigenvalue weighted by Crippen LogP contribution is -2.37. The summed E-state index contributed by atoms with van der Waals surface area (Å²) in [6, 6.07) is 7.33. The maximum atomic E-state index is 5.85. The SMILES string of the molecule is Cc1cc(N(C)C2CCC2)ccc1CCl. The Labute approximate surface area is 97.0 Å². The Morgan fingerprint density at radius 1 is 1.40 bits per heavy atom. The predicted molar refractivity (Wildman–Crippen MR) is 66.8 cm³/mol. The molecule has 0 heterocycles. The van der Waals surface area contributed by atoms with Gasteiger partial charge in [0.1, 0.15) is 0 Å². The number of hydrogen-bond acceptors (Lipinski definition) is 1. The number of aryl methyl sites for hydroxylation is 1. The Morgan fingerprint density at radius 3 is 2.60 bits per heavy atom. The van der Waals surface area contributed by atoms with Crippen LogP contribution in [0.25, 0.3) is 0 Å². The van der Waals surface area contributed by atoms with E-state index < -0.39 is 0 Å².